The molecule has 1 saturated carbocycles. The Morgan fingerprint density at radius 2 is 2.12 bits per heavy atom. The Bertz CT molecular complexity index is 547. The van der Waals surface area contributed by atoms with E-state index in [1.165, 1.54) is 12.3 Å². The van der Waals surface area contributed by atoms with Crippen LogP contribution in [0.1, 0.15) is 23.2 Å². The van der Waals surface area contributed by atoms with Gasteiger partial charge in [0.1, 0.15) is 5.54 Å². The number of carbonyl (C=O) groups is 2. The molecule has 0 aromatic carbocycles. The van der Waals surface area contributed by atoms with Gasteiger partial charge in [-0.2, -0.15) is 0 Å². The second-order valence-electron chi connectivity index (χ2n) is 3.91. The smallest absolute Gasteiger partial charge is 0.329 e. The molecule has 7 heteroatoms. The monoisotopic (exact) mass is 300 g/mol. The lowest BCUT2D eigenvalue weighted by atomic mass is 10.2. The number of H-pyrrole nitrogens is 1. The molecule has 1 heterocycles. The van der Waals surface area contributed by atoms with Crippen molar-refractivity contribution in [1.29, 1.82) is 0 Å². The topological polar surface area (TPSA) is 99.3 Å². The molecule has 1 fully saturated rings. The molecule has 0 spiro atoms. The van der Waals surface area contributed by atoms with Crippen molar-refractivity contribution in [2.45, 2.75) is 18.4 Å². The van der Waals surface area contributed by atoms with Crippen LogP contribution in [0.15, 0.2) is 21.5 Å². The van der Waals surface area contributed by atoms with E-state index < -0.39 is 17.4 Å². The fraction of sp³-hybridized carbons (Fsp3) is 0.300. The van der Waals surface area contributed by atoms with Gasteiger partial charge in [-0.15, -0.1) is 0 Å². The molecule has 90 valence electrons. The molecule has 1 aliphatic rings. The van der Waals surface area contributed by atoms with Crippen molar-refractivity contribution in [3.63, 3.8) is 0 Å². The lowest BCUT2D eigenvalue weighted by molar-refractivity contribution is -0.140. The average Bonchev–Trinajstić information content (AvgIpc) is 3.03. The second-order valence-corrected chi connectivity index (χ2v) is 4.76. The minimum absolute atomic E-state index is 0.212. The number of amides is 1. The number of carboxylic acids is 1. The fourth-order valence-corrected chi connectivity index (χ4v) is 1.75. The minimum atomic E-state index is -1.13. The number of hydrogen-bond acceptors (Lipinski definition) is 3. The van der Waals surface area contributed by atoms with E-state index in [2.05, 4.69) is 26.2 Å². The molecule has 1 aromatic rings. The van der Waals surface area contributed by atoms with Gasteiger partial charge in [-0.05, 0) is 34.8 Å². The number of carboxylic acid groups (broad SMARTS) is 1. The Kier molecular flexibility index (Phi) is 2.78. The zero-order chi connectivity index (χ0) is 12.6. The Balaban J connectivity index is 2.18. The van der Waals surface area contributed by atoms with Crippen molar-refractivity contribution in [2.75, 3.05) is 0 Å². The first-order valence-corrected chi connectivity index (χ1v) is 5.68. The highest BCUT2D eigenvalue weighted by Gasteiger charge is 2.51. The summed E-state index contributed by atoms with van der Waals surface area (Å²) in [7, 11) is 0. The van der Waals surface area contributed by atoms with Crippen molar-refractivity contribution >= 4 is 27.8 Å². The Morgan fingerprint density at radius 3 is 2.59 bits per heavy atom. The van der Waals surface area contributed by atoms with Gasteiger partial charge in [0.25, 0.3) is 11.5 Å². The minimum Gasteiger partial charge on any atom is -0.480 e. The predicted molar refractivity (Wildman–Crippen MR) is 61.8 cm³/mol. The average molecular weight is 301 g/mol. The summed E-state index contributed by atoms with van der Waals surface area (Å²) in [6.45, 7) is 0. The summed E-state index contributed by atoms with van der Waals surface area (Å²) in [6.07, 6.45) is 2.11. The van der Waals surface area contributed by atoms with Crippen molar-refractivity contribution in [3.05, 3.63) is 32.7 Å². The van der Waals surface area contributed by atoms with Crippen LogP contribution in [0.2, 0.25) is 0 Å². The molecule has 3 N–H and O–H groups in total. The lowest BCUT2D eigenvalue weighted by Crippen LogP contribution is -2.43. The largest absolute Gasteiger partial charge is 0.480 e. The van der Waals surface area contributed by atoms with Gasteiger partial charge >= 0.3 is 5.97 Å². The molecule has 1 aromatic heterocycles. The van der Waals surface area contributed by atoms with Crippen molar-refractivity contribution < 1.29 is 14.7 Å². The SMILES string of the molecule is O=C(NC1(C(=O)O)CC1)c1c[nH]c(=O)c(Br)c1. The molecule has 0 bridgehead atoms. The fourth-order valence-electron chi connectivity index (χ4n) is 1.39. The number of nitrogens with one attached hydrogen (secondary N) is 2. The summed E-state index contributed by atoms with van der Waals surface area (Å²) in [5.74, 6) is -1.55. The molecule has 0 radical (unpaired) electrons. The maximum Gasteiger partial charge on any atom is 0.329 e. The molecule has 0 aliphatic heterocycles. The van der Waals surface area contributed by atoms with E-state index in [1.807, 2.05) is 0 Å². The van der Waals surface area contributed by atoms with Crippen LogP contribution >= 0.6 is 15.9 Å². The highest BCUT2D eigenvalue weighted by molar-refractivity contribution is 9.10. The van der Waals surface area contributed by atoms with Crippen LogP contribution in [0.4, 0.5) is 0 Å². The van der Waals surface area contributed by atoms with Crippen molar-refractivity contribution in [1.82, 2.24) is 10.3 Å². The quantitative estimate of drug-likeness (QED) is 0.756. The third kappa shape index (κ3) is 2.23. The van der Waals surface area contributed by atoms with E-state index >= 15 is 0 Å². The lowest BCUT2D eigenvalue weighted by Gasteiger charge is -2.12. The highest BCUT2D eigenvalue weighted by atomic mass is 79.9. The number of aliphatic carboxylic acids is 1. The zero-order valence-corrected chi connectivity index (χ0v) is 10.2. The normalized spacial score (nSPS) is 16.3. The number of pyridine rings is 1. The van der Waals surface area contributed by atoms with Gasteiger partial charge in [-0.25, -0.2) is 4.79 Å². The summed E-state index contributed by atoms with van der Waals surface area (Å²) >= 11 is 3.00. The maximum absolute atomic E-state index is 11.8. The Hall–Kier alpha value is -1.63. The molecule has 6 nitrogen and oxygen atoms in total. The van der Waals surface area contributed by atoms with E-state index in [4.69, 9.17) is 5.11 Å². The zero-order valence-electron chi connectivity index (χ0n) is 8.62. The van der Waals surface area contributed by atoms with Crippen LogP contribution in [0.3, 0.4) is 0 Å². The van der Waals surface area contributed by atoms with Crippen LogP contribution in [-0.2, 0) is 4.79 Å². The molecular weight excluding hydrogens is 292 g/mol. The molecule has 0 unspecified atom stereocenters. The van der Waals surface area contributed by atoms with Crippen molar-refractivity contribution in [3.8, 4) is 0 Å². The first kappa shape index (κ1) is 11.8. The summed E-state index contributed by atoms with van der Waals surface area (Å²) < 4.78 is 0.227. The molecule has 17 heavy (non-hydrogen) atoms. The summed E-state index contributed by atoms with van der Waals surface area (Å²) in [4.78, 5) is 36.1. The second kappa shape index (κ2) is 3.99. The third-order valence-corrected chi connectivity index (χ3v) is 3.22. The van der Waals surface area contributed by atoms with Crippen LogP contribution < -0.4 is 10.9 Å². The Morgan fingerprint density at radius 1 is 1.47 bits per heavy atom. The van der Waals surface area contributed by atoms with Gasteiger partial charge < -0.3 is 15.4 Å². The van der Waals surface area contributed by atoms with E-state index in [-0.39, 0.29) is 15.6 Å². The summed E-state index contributed by atoms with van der Waals surface area (Å²) in [5.41, 5.74) is -1.26. The predicted octanol–water partition coefficient (Wildman–Crippen LogP) is 0.484. The van der Waals surface area contributed by atoms with Crippen molar-refractivity contribution in [2.24, 2.45) is 0 Å². The standard InChI is InChI=1S/C10H9BrN2O4/c11-6-3-5(4-12-8(6)15)7(14)13-10(1-2-10)9(16)17/h3-4H,1-2H2,(H,12,15)(H,13,14)(H,16,17). The first-order chi connectivity index (χ1) is 7.94. The van der Waals surface area contributed by atoms with E-state index in [0.717, 1.165) is 0 Å². The van der Waals surface area contributed by atoms with Gasteiger partial charge in [0.2, 0.25) is 0 Å². The van der Waals surface area contributed by atoms with E-state index in [0.29, 0.717) is 12.8 Å². The molecule has 2 rings (SSSR count). The number of halogens is 1. The number of carbonyl (C=O) groups excluding carboxylic acids is 1. The highest BCUT2D eigenvalue weighted by Crippen LogP contribution is 2.35. The van der Waals surface area contributed by atoms with Crippen LogP contribution in [0.25, 0.3) is 0 Å². The van der Waals surface area contributed by atoms with Crippen LogP contribution in [0, 0.1) is 0 Å². The van der Waals surface area contributed by atoms with Crippen LogP contribution in [-0.4, -0.2) is 27.5 Å². The molecule has 1 aliphatic carbocycles. The van der Waals surface area contributed by atoms with E-state index in [1.54, 1.807) is 0 Å². The summed E-state index contributed by atoms with van der Waals surface area (Å²) in [6, 6.07) is 1.35. The number of hydrogen-bond donors (Lipinski definition) is 3. The maximum atomic E-state index is 11.8. The molecular formula is C10H9BrN2O4. The number of aromatic nitrogens is 1. The number of aromatic amines is 1. The summed E-state index contributed by atoms with van der Waals surface area (Å²) in [5, 5.41) is 11.4. The van der Waals surface area contributed by atoms with E-state index in [9.17, 15) is 14.4 Å². The van der Waals surface area contributed by atoms with Gasteiger partial charge in [-0.3, -0.25) is 9.59 Å². The molecule has 0 atom stereocenters. The van der Waals surface area contributed by atoms with Gasteiger partial charge in [0.15, 0.2) is 0 Å². The molecule has 1 amide bonds. The first-order valence-electron chi connectivity index (χ1n) is 4.89. The number of rotatable bonds is 3. The van der Waals surface area contributed by atoms with Gasteiger partial charge in [0.05, 0.1) is 10.0 Å². The third-order valence-electron chi connectivity index (χ3n) is 2.63. The van der Waals surface area contributed by atoms with Crippen LogP contribution in [0.5, 0.6) is 0 Å². The van der Waals surface area contributed by atoms with Gasteiger partial charge in [-0.1, -0.05) is 0 Å². The van der Waals surface area contributed by atoms with Gasteiger partial charge in [0, 0.05) is 6.20 Å². The Labute approximate surface area is 104 Å². The molecule has 0 saturated heterocycles.